The molecule has 2 aromatic heterocycles. The SMILES string of the molecule is Cc1ccc(C(=O)c2c[nH]c3cc([N+](=O)[O-])ccc23)o1. The Kier molecular flexibility index (Phi) is 2.64. The molecule has 1 aromatic carbocycles. The molecule has 0 amide bonds. The molecule has 3 rings (SSSR count). The molecule has 0 aliphatic rings. The number of aromatic amines is 1. The van der Waals surface area contributed by atoms with Crippen LogP contribution in [0, 0.1) is 17.0 Å². The highest BCUT2D eigenvalue weighted by atomic mass is 16.6. The third kappa shape index (κ3) is 1.87. The molecule has 0 aliphatic heterocycles. The van der Waals surface area contributed by atoms with Crippen molar-refractivity contribution in [3.05, 3.63) is 63.7 Å². The monoisotopic (exact) mass is 270 g/mol. The zero-order valence-electron chi connectivity index (χ0n) is 10.5. The molecule has 0 radical (unpaired) electrons. The first-order valence-electron chi connectivity index (χ1n) is 5.93. The summed E-state index contributed by atoms with van der Waals surface area (Å²) in [6, 6.07) is 7.67. The number of hydrogen-bond acceptors (Lipinski definition) is 4. The molecule has 1 N–H and O–H groups in total. The van der Waals surface area contributed by atoms with Gasteiger partial charge >= 0.3 is 0 Å². The Morgan fingerprint density at radius 3 is 2.75 bits per heavy atom. The highest BCUT2D eigenvalue weighted by Crippen LogP contribution is 2.25. The summed E-state index contributed by atoms with van der Waals surface area (Å²) in [6.45, 7) is 1.76. The van der Waals surface area contributed by atoms with Crippen molar-refractivity contribution in [1.29, 1.82) is 0 Å². The van der Waals surface area contributed by atoms with Gasteiger partial charge in [-0.05, 0) is 25.1 Å². The maximum absolute atomic E-state index is 12.3. The molecule has 0 saturated heterocycles. The first kappa shape index (κ1) is 12.2. The maximum Gasteiger partial charge on any atom is 0.271 e. The van der Waals surface area contributed by atoms with E-state index in [1.54, 1.807) is 25.1 Å². The standard InChI is InChI=1S/C14H10N2O4/c1-8-2-5-13(20-8)14(17)11-7-15-12-6-9(16(18)19)3-4-10(11)12/h2-7,15H,1H3. The number of benzene rings is 1. The Morgan fingerprint density at radius 1 is 1.30 bits per heavy atom. The quantitative estimate of drug-likeness (QED) is 0.449. The van der Waals surface area contributed by atoms with Crippen molar-refractivity contribution in [3.63, 3.8) is 0 Å². The number of nitrogens with zero attached hydrogens (tertiary/aromatic N) is 1. The van der Waals surface area contributed by atoms with Gasteiger partial charge in [-0.2, -0.15) is 0 Å². The Bertz CT molecular complexity index is 829. The van der Waals surface area contributed by atoms with E-state index in [-0.39, 0.29) is 17.2 Å². The van der Waals surface area contributed by atoms with Crippen LogP contribution in [0.25, 0.3) is 10.9 Å². The van der Waals surface area contributed by atoms with Gasteiger partial charge in [0.05, 0.1) is 16.0 Å². The fourth-order valence-corrected chi connectivity index (χ4v) is 2.10. The van der Waals surface area contributed by atoms with E-state index in [2.05, 4.69) is 4.98 Å². The number of carbonyl (C=O) groups is 1. The van der Waals surface area contributed by atoms with Crippen LogP contribution >= 0.6 is 0 Å². The number of non-ortho nitro benzene ring substituents is 1. The second-order valence-electron chi connectivity index (χ2n) is 4.43. The van der Waals surface area contributed by atoms with Crippen LogP contribution in [-0.2, 0) is 0 Å². The highest BCUT2D eigenvalue weighted by molar-refractivity contribution is 6.15. The molecule has 0 atom stereocenters. The first-order chi connectivity index (χ1) is 9.56. The molecule has 3 aromatic rings. The molecule has 20 heavy (non-hydrogen) atoms. The van der Waals surface area contributed by atoms with Crippen LogP contribution in [0.2, 0.25) is 0 Å². The van der Waals surface area contributed by atoms with Gasteiger partial charge in [-0.15, -0.1) is 0 Å². The molecule has 0 fully saturated rings. The van der Waals surface area contributed by atoms with Crippen LogP contribution in [0.15, 0.2) is 40.9 Å². The third-order valence-electron chi connectivity index (χ3n) is 3.08. The number of fused-ring (bicyclic) bond motifs is 1. The van der Waals surface area contributed by atoms with Gasteiger partial charge in [-0.25, -0.2) is 0 Å². The number of rotatable bonds is 3. The maximum atomic E-state index is 12.3. The number of ketones is 1. The predicted molar refractivity (Wildman–Crippen MR) is 71.8 cm³/mol. The Balaban J connectivity index is 2.09. The minimum Gasteiger partial charge on any atom is -0.458 e. The van der Waals surface area contributed by atoms with Crippen LogP contribution in [0.3, 0.4) is 0 Å². The number of nitrogens with one attached hydrogen (secondary N) is 1. The number of nitro benzene ring substituents is 1. The number of H-pyrrole nitrogens is 1. The van der Waals surface area contributed by atoms with E-state index in [0.29, 0.717) is 22.2 Å². The fourth-order valence-electron chi connectivity index (χ4n) is 2.10. The van der Waals surface area contributed by atoms with Crippen LogP contribution in [-0.4, -0.2) is 15.7 Å². The van der Waals surface area contributed by atoms with Gasteiger partial charge in [-0.3, -0.25) is 14.9 Å². The molecular formula is C14H10N2O4. The van der Waals surface area contributed by atoms with Crippen molar-refractivity contribution in [2.45, 2.75) is 6.92 Å². The van der Waals surface area contributed by atoms with Gasteiger partial charge in [0.2, 0.25) is 5.78 Å². The number of nitro groups is 1. The van der Waals surface area contributed by atoms with Crippen molar-refractivity contribution >= 4 is 22.4 Å². The average Bonchev–Trinajstić information content (AvgIpc) is 3.03. The smallest absolute Gasteiger partial charge is 0.271 e. The van der Waals surface area contributed by atoms with E-state index >= 15 is 0 Å². The topological polar surface area (TPSA) is 89.1 Å². The second-order valence-corrected chi connectivity index (χ2v) is 4.43. The van der Waals surface area contributed by atoms with Crippen LogP contribution in [0.5, 0.6) is 0 Å². The van der Waals surface area contributed by atoms with Crippen molar-refractivity contribution in [2.75, 3.05) is 0 Å². The molecular weight excluding hydrogens is 260 g/mol. The zero-order valence-corrected chi connectivity index (χ0v) is 10.5. The van der Waals surface area contributed by atoms with E-state index in [1.807, 2.05) is 0 Å². The Hall–Kier alpha value is -2.89. The van der Waals surface area contributed by atoms with Gasteiger partial charge in [0.15, 0.2) is 5.76 Å². The highest BCUT2D eigenvalue weighted by Gasteiger charge is 2.18. The van der Waals surface area contributed by atoms with Gasteiger partial charge < -0.3 is 9.40 Å². The number of aromatic nitrogens is 1. The molecule has 0 unspecified atom stereocenters. The number of furan rings is 1. The minimum atomic E-state index is -0.475. The van der Waals surface area contributed by atoms with E-state index in [1.165, 1.54) is 18.3 Å². The minimum absolute atomic E-state index is 0.0211. The summed E-state index contributed by atoms with van der Waals surface area (Å²) in [6.07, 6.45) is 1.54. The molecule has 100 valence electrons. The van der Waals surface area contributed by atoms with Crippen LogP contribution in [0.1, 0.15) is 21.9 Å². The lowest BCUT2D eigenvalue weighted by atomic mass is 10.1. The van der Waals surface area contributed by atoms with Crippen molar-refractivity contribution < 1.29 is 14.1 Å². The molecule has 0 aliphatic carbocycles. The third-order valence-corrected chi connectivity index (χ3v) is 3.08. The van der Waals surface area contributed by atoms with Gasteiger partial charge in [0.1, 0.15) is 5.76 Å². The lowest BCUT2D eigenvalue weighted by molar-refractivity contribution is -0.384. The molecule has 6 heteroatoms. The summed E-state index contributed by atoms with van der Waals surface area (Å²) in [7, 11) is 0. The normalized spacial score (nSPS) is 10.8. The molecule has 0 bridgehead atoms. The van der Waals surface area contributed by atoms with Crippen molar-refractivity contribution in [2.24, 2.45) is 0 Å². The lowest BCUT2D eigenvalue weighted by Crippen LogP contribution is -1.98. The molecule has 2 heterocycles. The summed E-state index contributed by atoms with van der Waals surface area (Å²) in [5.74, 6) is 0.656. The van der Waals surface area contributed by atoms with E-state index in [0.717, 1.165) is 0 Å². The Labute approximate surface area is 113 Å². The van der Waals surface area contributed by atoms with Gasteiger partial charge in [0.25, 0.3) is 5.69 Å². The van der Waals surface area contributed by atoms with Crippen LogP contribution < -0.4 is 0 Å². The Morgan fingerprint density at radius 2 is 2.10 bits per heavy atom. The zero-order chi connectivity index (χ0) is 14.3. The summed E-state index contributed by atoms with van der Waals surface area (Å²) < 4.78 is 5.31. The largest absolute Gasteiger partial charge is 0.458 e. The van der Waals surface area contributed by atoms with Gasteiger partial charge in [-0.1, -0.05) is 0 Å². The summed E-state index contributed by atoms with van der Waals surface area (Å²) in [5.41, 5.74) is 0.960. The number of aryl methyl sites for hydroxylation is 1. The molecule has 0 spiro atoms. The second kappa shape index (κ2) is 4.34. The molecule has 6 nitrogen and oxygen atoms in total. The van der Waals surface area contributed by atoms with E-state index < -0.39 is 4.92 Å². The first-order valence-corrected chi connectivity index (χ1v) is 5.93. The predicted octanol–water partition coefficient (Wildman–Crippen LogP) is 3.21. The number of hydrogen-bond donors (Lipinski definition) is 1. The summed E-state index contributed by atoms with van der Waals surface area (Å²) >= 11 is 0. The number of carbonyl (C=O) groups excluding carboxylic acids is 1. The average molecular weight is 270 g/mol. The van der Waals surface area contributed by atoms with Gasteiger partial charge in [0, 0.05) is 23.7 Å². The van der Waals surface area contributed by atoms with E-state index in [4.69, 9.17) is 4.42 Å². The van der Waals surface area contributed by atoms with Crippen molar-refractivity contribution in [1.82, 2.24) is 4.98 Å². The summed E-state index contributed by atoms with van der Waals surface area (Å²) in [5, 5.41) is 11.4. The van der Waals surface area contributed by atoms with Crippen LogP contribution in [0.4, 0.5) is 5.69 Å². The van der Waals surface area contributed by atoms with E-state index in [9.17, 15) is 14.9 Å². The van der Waals surface area contributed by atoms with Crippen molar-refractivity contribution in [3.8, 4) is 0 Å². The summed E-state index contributed by atoms with van der Waals surface area (Å²) in [4.78, 5) is 25.4. The lowest BCUT2D eigenvalue weighted by Gasteiger charge is -1.96. The fraction of sp³-hybridized carbons (Fsp3) is 0.0714. The molecule has 0 saturated carbocycles.